The maximum Gasteiger partial charge on any atom is 0.306 e. The van der Waals surface area contributed by atoms with E-state index >= 15 is 0 Å². The molecule has 0 aliphatic heterocycles. The highest BCUT2D eigenvalue weighted by atomic mass is 79.9. The Kier molecular flexibility index (Phi) is 5.61. The van der Waals surface area contributed by atoms with Crippen molar-refractivity contribution in [1.29, 1.82) is 0 Å². The summed E-state index contributed by atoms with van der Waals surface area (Å²) in [5.74, 6) is 0.327. The van der Waals surface area contributed by atoms with Crippen LogP contribution in [0.3, 0.4) is 0 Å². The number of rotatable bonds is 5. The highest BCUT2D eigenvalue weighted by Crippen LogP contribution is 2.16. The summed E-state index contributed by atoms with van der Waals surface area (Å²) in [5.41, 5.74) is 0. The molecule has 0 rings (SSSR count). The Hall–Kier alpha value is -0.0500. The summed E-state index contributed by atoms with van der Waals surface area (Å²) >= 11 is 3.41. The van der Waals surface area contributed by atoms with Gasteiger partial charge in [-0.05, 0) is 19.8 Å². The number of halogens is 1. The largest absolute Gasteiger partial charge is 0.464 e. The fraction of sp³-hybridized carbons (Fsp3) is 0.900. The van der Waals surface area contributed by atoms with E-state index in [-0.39, 0.29) is 10.3 Å². The fourth-order valence-electron chi connectivity index (χ4n) is 0.740. The van der Waals surface area contributed by atoms with Crippen molar-refractivity contribution in [3.8, 4) is 0 Å². The van der Waals surface area contributed by atoms with Gasteiger partial charge in [0.2, 0.25) is 0 Å². The van der Waals surface area contributed by atoms with E-state index in [0.29, 0.717) is 18.9 Å². The minimum Gasteiger partial charge on any atom is -0.464 e. The molecular formula is C10H19BrO2. The van der Waals surface area contributed by atoms with Crippen molar-refractivity contribution in [2.75, 3.05) is 6.61 Å². The second-order valence-electron chi connectivity index (χ2n) is 4.10. The molecule has 0 aromatic carbocycles. The standard InChI is InChI=1S/C10H19BrO2/c1-5-8(2)6-9(12)13-7-10(3,4)11/h8H,5-7H2,1-4H3. The van der Waals surface area contributed by atoms with Gasteiger partial charge in [-0.3, -0.25) is 4.79 Å². The summed E-state index contributed by atoms with van der Waals surface area (Å²) in [6, 6.07) is 0. The van der Waals surface area contributed by atoms with Crippen LogP contribution in [0.5, 0.6) is 0 Å². The smallest absolute Gasteiger partial charge is 0.306 e. The molecule has 3 heteroatoms. The van der Waals surface area contributed by atoms with Crippen LogP contribution in [0.2, 0.25) is 0 Å². The predicted octanol–water partition coefficient (Wildman–Crippen LogP) is 3.14. The van der Waals surface area contributed by atoms with Gasteiger partial charge in [-0.25, -0.2) is 0 Å². The van der Waals surface area contributed by atoms with Gasteiger partial charge in [0.15, 0.2) is 0 Å². The summed E-state index contributed by atoms with van der Waals surface area (Å²) in [4.78, 5) is 11.2. The Labute approximate surface area is 89.2 Å². The Balaban J connectivity index is 3.64. The van der Waals surface area contributed by atoms with E-state index < -0.39 is 0 Å². The third kappa shape index (κ3) is 8.28. The Morgan fingerprint density at radius 3 is 2.46 bits per heavy atom. The van der Waals surface area contributed by atoms with E-state index in [1.807, 2.05) is 13.8 Å². The Morgan fingerprint density at radius 2 is 2.08 bits per heavy atom. The lowest BCUT2D eigenvalue weighted by Gasteiger charge is -2.16. The zero-order valence-electron chi connectivity index (χ0n) is 8.89. The molecule has 0 saturated carbocycles. The minimum absolute atomic E-state index is 0.0955. The molecule has 13 heavy (non-hydrogen) atoms. The molecule has 0 bridgehead atoms. The molecule has 0 fully saturated rings. The fourth-order valence-corrected chi connectivity index (χ4v) is 0.854. The zero-order valence-corrected chi connectivity index (χ0v) is 10.5. The van der Waals surface area contributed by atoms with Crippen molar-refractivity contribution in [3.05, 3.63) is 0 Å². The maximum absolute atomic E-state index is 11.2. The van der Waals surface area contributed by atoms with Crippen LogP contribution < -0.4 is 0 Å². The maximum atomic E-state index is 11.2. The van der Waals surface area contributed by atoms with Crippen molar-refractivity contribution < 1.29 is 9.53 Å². The van der Waals surface area contributed by atoms with Gasteiger partial charge < -0.3 is 4.74 Å². The molecule has 0 aliphatic rings. The van der Waals surface area contributed by atoms with Gasteiger partial charge in [0.1, 0.15) is 6.61 Å². The van der Waals surface area contributed by atoms with Gasteiger partial charge in [-0.1, -0.05) is 36.2 Å². The quantitative estimate of drug-likeness (QED) is 0.554. The van der Waals surface area contributed by atoms with E-state index in [0.717, 1.165) is 6.42 Å². The average Bonchev–Trinajstić information content (AvgIpc) is 1.99. The van der Waals surface area contributed by atoms with Crippen LogP contribution in [0, 0.1) is 5.92 Å². The van der Waals surface area contributed by atoms with Gasteiger partial charge >= 0.3 is 5.97 Å². The SMILES string of the molecule is CCC(C)CC(=O)OCC(C)(C)Br. The summed E-state index contributed by atoms with van der Waals surface area (Å²) in [6.07, 6.45) is 1.55. The number of carbonyl (C=O) groups excluding carboxylic acids is 1. The molecule has 0 amide bonds. The highest BCUT2D eigenvalue weighted by molar-refractivity contribution is 9.10. The van der Waals surface area contributed by atoms with Crippen LogP contribution in [0.4, 0.5) is 0 Å². The predicted molar refractivity (Wildman–Crippen MR) is 58.0 cm³/mol. The summed E-state index contributed by atoms with van der Waals surface area (Å²) in [5, 5.41) is 0. The van der Waals surface area contributed by atoms with Crippen molar-refractivity contribution in [2.24, 2.45) is 5.92 Å². The molecule has 0 aromatic rings. The zero-order chi connectivity index (χ0) is 10.5. The molecule has 0 radical (unpaired) electrons. The van der Waals surface area contributed by atoms with Crippen molar-refractivity contribution in [3.63, 3.8) is 0 Å². The van der Waals surface area contributed by atoms with Crippen molar-refractivity contribution >= 4 is 21.9 Å². The molecule has 0 aliphatic carbocycles. The molecule has 1 unspecified atom stereocenters. The molecule has 1 atom stereocenters. The third-order valence-corrected chi connectivity index (χ3v) is 2.02. The number of alkyl halides is 1. The number of ether oxygens (including phenoxy) is 1. The van der Waals surface area contributed by atoms with Crippen LogP contribution in [0.1, 0.15) is 40.5 Å². The molecule has 0 spiro atoms. The first-order valence-electron chi connectivity index (χ1n) is 4.69. The number of hydrogen-bond donors (Lipinski definition) is 0. The van der Waals surface area contributed by atoms with E-state index in [9.17, 15) is 4.79 Å². The van der Waals surface area contributed by atoms with Gasteiger partial charge in [0.05, 0.1) is 4.32 Å². The number of carbonyl (C=O) groups is 1. The van der Waals surface area contributed by atoms with Crippen LogP contribution in [-0.2, 0) is 9.53 Å². The first-order chi connectivity index (χ1) is 5.85. The van der Waals surface area contributed by atoms with E-state index in [4.69, 9.17) is 4.74 Å². The average molecular weight is 251 g/mol. The second kappa shape index (κ2) is 5.63. The van der Waals surface area contributed by atoms with Crippen LogP contribution in [0.15, 0.2) is 0 Å². The second-order valence-corrected chi connectivity index (χ2v) is 6.24. The lowest BCUT2D eigenvalue weighted by Crippen LogP contribution is -2.22. The monoisotopic (exact) mass is 250 g/mol. The molecular weight excluding hydrogens is 232 g/mol. The Morgan fingerprint density at radius 1 is 1.54 bits per heavy atom. The van der Waals surface area contributed by atoms with Crippen molar-refractivity contribution in [2.45, 2.75) is 44.9 Å². The summed E-state index contributed by atoms with van der Waals surface area (Å²) in [6.45, 7) is 8.52. The van der Waals surface area contributed by atoms with Crippen LogP contribution in [0.25, 0.3) is 0 Å². The Bertz CT molecular complexity index is 161. The molecule has 0 saturated heterocycles. The topological polar surface area (TPSA) is 26.3 Å². The van der Waals surface area contributed by atoms with Crippen molar-refractivity contribution in [1.82, 2.24) is 0 Å². The van der Waals surface area contributed by atoms with E-state index in [1.165, 1.54) is 0 Å². The first-order valence-corrected chi connectivity index (χ1v) is 5.49. The lowest BCUT2D eigenvalue weighted by atomic mass is 10.1. The number of esters is 1. The molecule has 0 aromatic heterocycles. The minimum atomic E-state index is -0.113. The molecule has 78 valence electrons. The van der Waals surface area contributed by atoms with Gasteiger partial charge in [-0.2, -0.15) is 0 Å². The normalized spacial score (nSPS) is 13.9. The first kappa shape index (κ1) is 12.9. The van der Waals surface area contributed by atoms with E-state index in [1.54, 1.807) is 0 Å². The molecule has 0 heterocycles. The molecule has 0 N–H and O–H groups in total. The van der Waals surface area contributed by atoms with E-state index in [2.05, 4.69) is 29.8 Å². The van der Waals surface area contributed by atoms with Crippen LogP contribution in [-0.4, -0.2) is 16.9 Å². The summed E-state index contributed by atoms with van der Waals surface area (Å²) < 4.78 is 4.98. The molecule has 2 nitrogen and oxygen atoms in total. The lowest BCUT2D eigenvalue weighted by molar-refractivity contribution is -0.145. The number of hydrogen-bond acceptors (Lipinski definition) is 2. The highest BCUT2D eigenvalue weighted by Gasteiger charge is 2.16. The van der Waals surface area contributed by atoms with Gasteiger partial charge in [-0.15, -0.1) is 0 Å². The summed E-state index contributed by atoms with van der Waals surface area (Å²) in [7, 11) is 0. The van der Waals surface area contributed by atoms with Gasteiger partial charge in [0, 0.05) is 6.42 Å². The van der Waals surface area contributed by atoms with Crippen LogP contribution >= 0.6 is 15.9 Å². The van der Waals surface area contributed by atoms with Gasteiger partial charge in [0.25, 0.3) is 0 Å². The third-order valence-electron chi connectivity index (χ3n) is 1.79.